The number of benzene rings is 2. The first kappa shape index (κ1) is 21.5. The standard InChI is InChI=1S/C22H18ClF2NO4/c1-13-11-18(20(27)12-29-21(28)17-5-3-4-6-19(17)23)14(2)26(13)15-7-9-16(10-8-15)30-22(24)25/h3-11,22H,12H2,1-2H3. The lowest BCUT2D eigenvalue weighted by atomic mass is 10.1. The molecule has 0 aliphatic heterocycles. The van der Waals surface area contributed by atoms with Crippen molar-refractivity contribution >= 4 is 23.4 Å². The molecule has 0 aliphatic rings. The van der Waals surface area contributed by atoms with Gasteiger partial charge in [0.15, 0.2) is 6.61 Å². The average Bonchev–Trinajstić information content (AvgIpc) is 3.01. The monoisotopic (exact) mass is 433 g/mol. The van der Waals surface area contributed by atoms with Gasteiger partial charge in [0.05, 0.1) is 10.6 Å². The molecule has 8 heteroatoms. The molecule has 0 spiro atoms. The number of carbonyl (C=O) groups is 2. The van der Waals surface area contributed by atoms with Crippen molar-refractivity contribution in [2.24, 2.45) is 0 Å². The Kier molecular flexibility index (Phi) is 6.52. The van der Waals surface area contributed by atoms with Crippen molar-refractivity contribution < 1.29 is 27.8 Å². The van der Waals surface area contributed by atoms with E-state index in [4.69, 9.17) is 16.3 Å². The summed E-state index contributed by atoms with van der Waals surface area (Å²) in [4.78, 5) is 24.8. The van der Waals surface area contributed by atoms with E-state index in [1.165, 1.54) is 18.2 Å². The molecular weight excluding hydrogens is 416 g/mol. The second-order valence-corrected chi connectivity index (χ2v) is 6.88. The lowest BCUT2D eigenvalue weighted by Crippen LogP contribution is -2.15. The van der Waals surface area contributed by atoms with E-state index in [0.717, 1.165) is 5.69 Å². The van der Waals surface area contributed by atoms with Crippen LogP contribution < -0.4 is 4.74 Å². The molecule has 3 aromatic rings. The van der Waals surface area contributed by atoms with Crippen molar-refractivity contribution in [1.82, 2.24) is 4.57 Å². The maximum absolute atomic E-state index is 12.6. The first-order valence-electron chi connectivity index (χ1n) is 8.97. The fraction of sp³-hybridized carbons (Fsp3) is 0.182. The van der Waals surface area contributed by atoms with Crippen LogP contribution in [0.4, 0.5) is 8.78 Å². The second-order valence-electron chi connectivity index (χ2n) is 6.47. The molecule has 1 heterocycles. The van der Waals surface area contributed by atoms with Gasteiger partial charge in [-0.25, -0.2) is 4.79 Å². The summed E-state index contributed by atoms with van der Waals surface area (Å²) in [5.41, 5.74) is 2.65. The van der Waals surface area contributed by atoms with Crippen molar-refractivity contribution in [2.45, 2.75) is 20.5 Å². The molecule has 5 nitrogen and oxygen atoms in total. The Morgan fingerprint density at radius 2 is 1.70 bits per heavy atom. The molecule has 30 heavy (non-hydrogen) atoms. The fourth-order valence-corrected chi connectivity index (χ4v) is 3.35. The number of alkyl halides is 2. The normalized spacial score (nSPS) is 10.9. The van der Waals surface area contributed by atoms with Crippen LogP contribution in [0.15, 0.2) is 54.6 Å². The lowest BCUT2D eigenvalue weighted by molar-refractivity contribution is -0.0498. The molecule has 2 aromatic carbocycles. The number of ether oxygens (including phenoxy) is 2. The molecule has 0 saturated carbocycles. The summed E-state index contributed by atoms with van der Waals surface area (Å²) < 4.78 is 35.9. The largest absolute Gasteiger partial charge is 0.454 e. The number of Topliss-reactive ketones (excluding diaryl/α,β-unsaturated/α-hetero) is 1. The number of ketones is 1. The zero-order chi connectivity index (χ0) is 21.8. The van der Waals surface area contributed by atoms with Crippen LogP contribution in [0.2, 0.25) is 5.02 Å². The highest BCUT2D eigenvalue weighted by molar-refractivity contribution is 6.33. The molecule has 0 aliphatic carbocycles. The lowest BCUT2D eigenvalue weighted by Gasteiger charge is -2.11. The van der Waals surface area contributed by atoms with Gasteiger partial charge in [0.1, 0.15) is 5.75 Å². The van der Waals surface area contributed by atoms with Crippen molar-refractivity contribution in [2.75, 3.05) is 6.61 Å². The molecular formula is C22H18ClF2NO4. The molecule has 0 N–H and O–H groups in total. The number of aryl methyl sites for hydroxylation is 1. The van der Waals surface area contributed by atoms with E-state index >= 15 is 0 Å². The Balaban J connectivity index is 1.75. The minimum atomic E-state index is -2.90. The van der Waals surface area contributed by atoms with Crippen LogP contribution in [0.25, 0.3) is 5.69 Å². The Morgan fingerprint density at radius 3 is 2.33 bits per heavy atom. The van der Waals surface area contributed by atoms with E-state index in [2.05, 4.69) is 4.74 Å². The summed E-state index contributed by atoms with van der Waals surface area (Å²) in [5, 5.41) is 0.243. The number of halogens is 3. The maximum Gasteiger partial charge on any atom is 0.387 e. The summed E-state index contributed by atoms with van der Waals surface area (Å²) in [5.74, 6) is -1.01. The van der Waals surface area contributed by atoms with Gasteiger partial charge in [-0.1, -0.05) is 23.7 Å². The highest BCUT2D eigenvalue weighted by Gasteiger charge is 2.19. The van der Waals surface area contributed by atoms with Gasteiger partial charge in [0.25, 0.3) is 0 Å². The number of hydrogen-bond donors (Lipinski definition) is 0. The Bertz CT molecular complexity index is 1080. The molecule has 1 aromatic heterocycles. The number of carbonyl (C=O) groups excluding carboxylic acids is 2. The first-order valence-corrected chi connectivity index (χ1v) is 9.34. The maximum atomic E-state index is 12.6. The third-order valence-electron chi connectivity index (χ3n) is 4.48. The molecule has 0 radical (unpaired) electrons. The second kappa shape index (κ2) is 9.09. The topological polar surface area (TPSA) is 57.5 Å². The van der Waals surface area contributed by atoms with Gasteiger partial charge in [-0.05, 0) is 56.3 Å². The minimum absolute atomic E-state index is 0.0407. The van der Waals surface area contributed by atoms with Crippen LogP contribution in [0, 0.1) is 13.8 Å². The molecule has 0 atom stereocenters. The quantitative estimate of drug-likeness (QED) is 0.370. The van der Waals surface area contributed by atoms with Crippen LogP contribution in [-0.4, -0.2) is 29.5 Å². The highest BCUT2D eigenvalue weighted by atomic mass is 35.5. The van der Waals surface area contributed by atoms with E-state index < -0.39 is 19.2 Å². The number of rotatable bonds is 7. The number of aromatic nitrogens is 1. The predicted octanol–water partition coefficient (Wildman–Crippen LogP) is 5.39. The zero-order valence-corrected chi connectivity index (χ0v) is 17.0. The van der Waals surface area contributed by atoms with Gasteiger partial charge in [-0.3, -0.25) is 4.79 Å². The van der Waals surface area contributed by atoms with E-state index in [1.54, 1.807) is 47.9 Å². The summed E-state index contributed by atoms with van der Waals surface area (Å²) in [6.07, 6.45) is 0. The van der Waals surface area contributed by atoms with Crippen molar-refractivity contribution in [3.8, 4) is 11.4 Å². The van der Waals surface area contributed by atoms with Crippen molar-refractivity contribution in [3.63, 3.8) is 0 Å². The Morgan fingerprint density at radius 1 is 1.03 bits per heavy atom. The summed E-state index contributed by atoms with van der Waals surface area (Å²) in [6, 6.07) is 14.2. The van der Waals surface area contributed by atoms with E-state index in [1.807, 2.05) is 6.92 Å². The summed E-state index contributed by atoms with van der Waals surface area (Å²) in [6.45, 7) is 0.224. The van der Waals surface area contributed by atoms with Gasteiger partial charge in [0.2, 0.25) is 5.78 Å². The predicted molar refractivity (Wildman–Crippen MR) is 108 cm³/mol. The average molecular weight is 434 g/mol. The number of hydrogen-bond acceptors (Lipinski definition) is 4. The van der Waals surface area contributed by atoms with Crippen molar-refractivity contribution in [1.29, 1.82) is 0 Å². The van der Waals surface area contributed by atoms with Crippen LogP contribution >= 0.6 is 11.6 Å². The summed E-state index contributed by atoms with van der Waals surface area (Å²) >= 11 is 5.97. The van der Waals surface area contributed by atoms with Gasteiger partial charge in [0, 0.05) is 22.6 Å². The Hall–Kier alpha value is -3.19. The zero-order valence-electron chi connectivity index (χ0n) is 16.2. The number of esters is 1. The first-order chi connectivity index (χ1) is 14.3. The van der Waals surface area contributed by atoms with Crippen LogP contribution in [0.5, 0.6) is 5.75 Å². The highest BCUT2D eigenvalue weighted by Crippen LogP contribution is 2.24. The molecule has 0 bridgehead atoms. The van der Waals surface area contributed by atoms with Gasteiger partial charge < -0.3 is 14.0 Å². The van der Waals surface area contributed by atoms with Crippen LogP contribution in [0.1, 0.15) is 32.1 Å². The van der Waals surface area contributed by atoms with Crippen molar-refractivity contribution in [3.05, 3.63) is 82.1 Å². The fourth-order valence-electron chi connectivity index (χ4n) is 3.13. The minimum Gasteiger partial charge on any atom is -0.454 e. The smallest absolute Gasteiger partial charge is 0.387 e. The SMILES string of the molecule is Cc1cc(C(=O)COC(=O)c2ccccc2Cl)c(C)n1-c1ccc(OC(F)F)cc1. The number of nitrogens with zero attached hydrogens (tertiary/aromatic N) is 1. The molecule has 0 fully saturated rings. The molecule has 3 rings (SSSR count). The van der Waals surface area contributed by atoms with Crippen LogP contribution in [-0.2, 0) is 4.74 Å². The molecule has 0 unspecified atom stereocenters. The van der Waals surface area contributed by atoms with Gasteiger partial charge in [-0.15, -0.1) is 0 Å². The summed E-state index contributed by atoms with van der Waals surface area (Å²) in [7, 11) is 0. The molecule has 156 valence electrons. The third-order valence-corrected chi connectivity index (χ3v) is 4.81. The van der Waals surface area contributed by atoms with E-state index in [0.29, 0.717) is 16.9 Å². The molecule has 0 saturated heterocycles. The van der Waals surface area contributed by atoms with Gasteiger partial charge >= 0.3 is 12.6 Å². The third kappa shape index (κ3) is 4.68. The van der Waals surface area contributed by atoms with E-state index in [-0.39, 0.29) is 22.1 Å². The Labute approximate surface area is 176 Å². The van der Waals surface area contributed by atoms with E-state index in [9.17, 15) is 18.4 Å². The molecule has 0 amide bonds. The van der Waals surface area contributed by atoms with Crippen LogP contribution in [0.3, 0.4) is 0 Å². The van der Waals surface area contributed by atoms with Gasteiger partial charge in [-0.2, -0.15) is 8.78 Å².